The molecule has 0 radical (unpaired) electrons. The summed E-state index contributed by atoms with van der Waals surface area (Å²) < 4.78 is 28.6. The zero-order valence-corrected chi connectivity index (χ0v) is 17.0. The molecule has 2 aromatic rings. The Morgan fingerprint density at radius 3 is 2.75 bits per heavy atom. The van der Waals surface area contributed by atoms with Gasteiger partial charge in [-0.3, -0.25) is 19.8 Å². The van der Waals surface area contributed by atoms with Gasteiger partial charge in [0, 0.05) is 36.6 Å². The lowest BCUT2D eigenvalue weighted by molar-refractivity contribution is -0.384. The van der Waals surface area contributed by atoms with Crippen LogP contribution in [0.1, 0.15) is 5.76 Å². The van der Waals surface area contributed by atoms with Gasteiger partial charge in [-0.25, -0.2) is 8.42 Å². The van der Waals surface area contributed by atoms with E-state index in [9.17, 15) is 23.3 Å². The summed E-state index contributed by atoms with van der Waals surface area (Å²) in [6.45, 7) is -0.00206. The number of carbonyl (C=O) groups is 1. The average Bonchev–Trinajstić information content (AvgIpc) is 3.18. The first kappa shape index (κ1) is 20.2. The fourth-order valence-electron chi connectivity index (χ4n) is 2.44. The molecule has 1 aromatic heterocycles. The van der Waals surface area contributed by atoms with Crippen LogP contribution < -0.4 is 0 Å². The van der Waals surface area contributed by atoms with Crippen LogP contribution in [0.15, 0.2) is 45.7 Å². The molecule has 0 aliphatic carbocycles. The zero-order valence-electron chi connectivity index (χ0n) is 14.5. The summed E-state index contributed by atoms with van der Waals surface area (Å²) in [5.41, 5.74) is 0.483. The summed E-state index contributed by atoms with van der Waals surface area (Å²) in [7, 11) is -3.22. The highest BCUT2D eigenvalue weighted by Gasteiger charge is 2.32. The van der Waals surface area contributed by atoms with Gasteiger partial charge >= 0.3 is 0 Å². The Kier molecular flexibility index (Phi) is 5.68. The van der Waals surface area contributed by atoms with Crippen LogP contribution >= 0.6 is 24.0 Å². The maximum atomic E-state index is 12.5. The van der Waals surface area contributed by atoms with Crippen molar-refractivity contribution < 1.29 is 22.6 Å². The third-order valence-electron chi connectivity index (χ3n) is 3.80. The van der Waals surface area contributed by atoms with Crippen molar-refractivity contribution in [1.29, 1.82) is 0 Å². The number of rotatable bonds is 6. The molecular weight excluding hydrogens is 424 g/mol. The van der Waals surface area contributed by atoms with E-state index in [1.807, 2.05) is 0 Å². The SMILES string of the molecule is CS(=O)(=O)CCN1C(=O)/C(=C/c2ccc(-c3cccc([N+](=O)[O-])c3)o2)SC1=S. The third kappa shape index (κ3) is 4.66. The number of amides is 1. The monoisotopic (exact) mass is 438 g/mol. The van der Waals surface area contributed by atoms with Crippen LogP contribution in [0.25, 0.3) is 17.4 Å². The number of hydrogen-bond donors (Lipinski definition) is 0. The highest BCUT2D eigenvalue weighted by atomic mass is 32.2. The summed E-state index contributed by atoms with van der Waals surface area (Å²) in [4.78, 5) is 24.4. The number of nitro benzene ring substituents is 1. The van der Waals surface area contributed by atoms with Gasteiger partial charge < -0.3 is 4.42 Å². The van der Waals surface area contributed by atoms with Crippen molar-refractivity contribution in [2.45, 2.75) is 0 Å². The molecule has 1 aromatic carbocycles. The number of hydrogen-bond acceptors (Lipinski definition) is 8. The van der Waals surface area contributed by atoms with Gasteiger partial charge in [-0.05, 0) is 12.1 Å². The lowest BCUT2D eigenvalue weighted by atomic mass is 10.1. The second-order valence-corrected chi connectivity index (χ2v) is 9.91. The van der Waals surface area contributed by atoms with E-state index in [0.29, 0.717) is 22.0 Å². The van der Waals surface area contributed by atoms with E-state index in [-0.39, 0.29) is 28.2 Å². The standard InChI is InChI=1S/C17H14N2O6S3/c1-28(23,24)8-7-18-16(20)15(27-17(18)26)10-13-5-6-14(25-13)11-3-2-4-12(9-11)19(21)22/h2-6,9-10H,7-8H2,1H3/b15-10-. The molecule has 3 rings (SSSR count). The molecule has 0 N–H and O–H groups in total. The molecule has 8 nitrogen and oxygen atoms in total. The van der Waals surface area contributed by atoms with E-state index >= 15 is 0 Å². The normalized spacial score (nSPS) is 16.2. The zero-order chi connectivity index (χ0) is 20.5. The quantitative estimate of drug-likeness (QED) is 0.293. The Balaban J connectivity index is 1.80. The van der Waals surface area contributed by atoms with Crippen LogP contribution in [0.5, 0.6) is 0 Å². The van der Waals surface area contributed by atoms with E-state index < -0.39 is 14.8 Å². The van der Waals surface area contributed by atoms with Gasteiger partial charge in [-0.2, -0.15) is 0 Å². The molecular formula is C17H14N2O6S3. The Labute approximate surface area is 170 Å². The minimum atomic E-state index is -3.22. The van der Waals surface area contributed by atoms with E-state index in [4.69, 9.17) is 16.6 Å². The molecule has 0 unspecified atom stereocenters. The number of furan rings is 1. The number of carbonyl (C=O) groups excluding carboxylic acids is 1. The topological polar surface area (TPSA) is 111 Å². The Bertz CT molecular complexity index is 1100. The van der Waals surface area contributed by atoms with Gasteiger partial charge in [0.2, 0.25) is 0 Å². The fraction of sp³-hybridized carbons (Fsp3) is 0.176. The molecule has 0 bridgehead atoms. The van der Waals surface area contributed by atoms with Crippen molar-refractivity contribution >= 4 is 55.8 Å². The summed E-state index contributed by atoms with van der Waals surface area (Å²) in [5, 5.41) is 10.9. The summed E-state index contributed by atoms with van der Waals surface area (Å²) in [6, 6.07) is 9.30. The number of nitrogens with zero attached hydrogens (tertiary/aromatic N) is 2. The summed E-state index contributed by atoms with van der Waals surface area (Å²) in [5.74, 6) is 0.240. The van der Waals surface area contributed by atoms with Crippen molar-refractivity contribution in [2.75, 3.05) is 18.6 Å². The van der Waals surface area contributed by atoms with Crippen LogP contribution in [0, 0.1) is 10.1 Å². The minimum Gasteiger partial charge on any atom is -0.457 e. The maximum Gasteiger partial charge on any atom is 0.270 e. The molecule has 1 aliphatic rings. The number of thiocarbonyl (C=S) groups is 1. The maximum absolute atomic E-state index is 12.5. The van der Waals surface area contributed by atoms with Crippen molar-refractivity contribution in [1.82, 2.24) is 4.90 Å². The highest BCUT2D eigenvalue weighted by Crippen LogP contribution is 2.33. The minimum absolute atomic E-state index is 0.00206. The van der Waals surface area contributed by atoms with Crippen LogP contribution in [-0.4, -0.2) is 47.0 Å². The summed E-state index contributed by atoms with van der Waals surface area (Å²) >= 11 is 6.22. The van der Waals surface area contributed by atoms with Gasteiger partial charge in [0.1, 0.15) is 25.7 Å². The second-order valence-electron chi connectivity index (χ2n) is 5.97. The highest BCUT2D eigenvalue weighted by molar-refractivity contribution is 8.26. The predicted molar refractivity (Wildman–Crippen MR) is 110 cm³/mol. The number of benzene rings is 1. The number of non-ortho nitro benzene ring substituents is 1. The van der Waals surface area contributed by atoms with Gasteiger partial charge in [0.25, 0.3) is 11.6 Å². The predicted octanol–water partition coefficient (Wildman–Crippen LogP) is 3.10. The van der Waals surface area contributed by atoms with Crippen molar-refractivity contribution in [3.05, 3.63) is 57.2 Å². The first-order chi connectivity index (χ1) is 13.1. The molecule has 11 heteroatoms. The molecule has 2 heterocycles. The molecule has 0 atom stereocenters. The van der Waals surface area contributed by atoms with Gasteiger partial charge in [0.15, 0.2) is 0 Å². The number of nitro groups is 1. The first-order valence-corrected chi connectivity index (χ1v) is 11.2. The largest absolute Gasteiger partial charge is 0.457 e. The van der Waals surface area contributed by atoms with Crippen molar-refractivity contribution in [3.63, 3.8) is 0 Å². The number of sulfone groups is 1. The van der Waals surface area contributed by atoms with Gasteiger partial charge in [-0.1, -0.05) is 36.1 Å². The van der Waals surface area contributed by atoms with E-state index in [1.54, 1.807) is 24.3 Å². The van der Waals surface area contributed by atoms with Crippen LogP contribution in [0.4, 0.5) is 5.69 Å². The molecule has 1 saturated heterocycles. The fourth-order valence-corrected chi connectivity index (χ4v) is 4.24. The molecule has 0 saturated carbocycles. The molecule has 1 amide bonds. The molecule has 1 fully saturated rings. The third-order valence-corrected chi connectivity index (χ3v) is 6.10. The Hall–Kier alpha value is -2.50. The van der Waals surface area contributed by atoms with Gasteiger partial charge in [-0.15, -0.1) is 0 Å². The molecule has 28 heavy (non-hydrogen) atoms. The van der Waals surface area contributed by atoms with Crippen LogP contribution in [0.2, 0.25) is 0 Å². The van der Waals surface area contributed by atoms with Crippen molar-refractivity contribution in [2.24, 2.45) is 0 Å². The lowest BCUT2D eigenvalue weighted by Gasteiger charge is -2.12. The number of thioether (sulfide) groups is 1. The Morgan fingerprint density at radius 2 is 2.07 bits per heavy atom. The molecule has 146 valence electrons. The van der Waals surface area contributed by atoms with E-state index in [0.717, 1.165) is 18.0 Å². The lowest BCUT2D eigenvalue weighted by Crippen LogP contribution is -2.32. The smallest absolute Gasteiger partial charge is 0.270 e. The van der Waals surface area contributed by atoms with E-state index in [1.165, 1.54) is 23.1 Å². The van der Waals surface area contributed by atoms with Crippen LogP contribution in [-0.2, 0) is 14.6 Å². The van der Waals surface area contributed by atoms with E-state index in [2.05, 4.69) is 0 Å². The second kappa shape index (κ2) is 7.86. The average molecular weight is 439 g/mol. The Morgan fingerprint density at radius 1 is 1.32 bits per heavy atom. The molecule has 0 spiro atoms. The van der Waals surface area contributed by atoms with Crippen LogP contribution in [0.3, 0.4) is 0 Å². The van der Waals surface area contributed by atoms with Gasteiger partial charge in [0.05, 0.1) is 15.6 Å². The van der Waals surface area contributed by atoms with Crippen molar-refractivity contribution in [3.8, 4) is 11.3 Å². The first-order valence-electron chi connectivity index (χ1n) is 7.92. The summed E-state index contributed by atoms with van der Waals surface area (Å²) in [6.07, 6.45) is 2.61. The molecule has 1 aliphatic heterocycles.